The molecule has 10 aromatic carbocycles. The summed E-state index contributed by atoms with van der Waals surface area (Å²) in [4.78, 5) is 0. The lowest BCUT2D eigenvalue weighted by Gasteiger charge is -2.08. The molecule has 14 rings (SSSR count). The van der Waals surface area contributed by atoms with Gasteiger partial charge in [0.05, 0.1) is 27.6 Å². The van der Waals surface area contributed by atoms with Gasteiger partial charge in [-0.25, -0.2) is 0 Å². The number of benzene rings is 10. The predicted molar refractivity (Wildman–Crippen MR) is 266 cm³/mol. The molecular formula is C60H36N2O2. The minimum Gasteiger partial charge on any atom is -0.455 e. The second-order valence-electron chi connectivity index (χ2n) is 16.8. The molecule has 0 bridgehead atoms. The van der Waals surface area contributed by atoms with Crippen molar-refractivity contribution in [1.82, 2.24) is 9.13 Å². The number of hydrogen-bond donors (Lipinski definition) is 0. The number of furan rings is 2. The number of nitrogens with zero attached hydrogens (tertiary/aromatic N) is 2. The fourth-order valence-corrected chi connectivity index (χ4v) is 10.5. The van der Waals surface area contributed by atoms with Gasteiger partial charge in [0.2, 0.25) is 0 Å². The van der Waals surface area contributed by atoms with Gasteiger partial charge in [-0.3, -0.25) is 0 Å². The van der Waals surface area contributed by atoms with Crippen LogP contribution < -0.4 is 0 Å². The fraction of sp³-hybridized carbons (Fsp3) is 0. The molecule has 0 saturated heterocycles. The largest absolute Gasteiger partial charge is 0.455 e. The second kappa shape index (κ2) is 13.4. The number of rotatable bonds is 5. The number of aromatic nitrogens is 2. The monoisotopic (exact) mass is 816 g/mol. The first-order valence-corrected chi connectivity index (χ1v) is 21.8. The van der Waals surface area contributed by atoms with Gasteiger partial charge in [-0.15, -0.1) is 0 Å². The molecule has 4 nitrogen and oxygen atoms in total. The van der Waals surface area contributed by atoms with Crippen molar-refractivity contribution in [2.24, 2.45) is 0 Å². The Labute approximate surface area is 367 Å². The Bertz CT molecular complexity index is 3920. The van der Waals surface area contributed by atoms with Gasteiger partial charge in [0.25, 0.3) is 0 Å². The highest BCUT2D eigenvalue weighted by atomic mass is 16.3. The highest BCUT2D eigenvalue weighted by Crippen LogP contribution is 2.48. The molecule has 0 unspecified atom stereocenters. The molecule has 298 valence electrons. The van der Waals surface area contributed by atoms with Crippen LogP contribution in [-0.2, 0) is 0 Å². The first kappa shape index (κ1) is 35.0. The third kappa shape index (κ3) is 4.99. The van der Waals surface area contributed by atoms with Crippen molar-refractivity contribution < 1.29 is 8.83 Å². The van der Waals surface area contributed by atoms with E-state index in [2.05, 4.69) is 228 Å². The maximum absolute atomic E-state index is 7.18. The topological polar surface area (TPSA) is 36.1 Å². The van der Waals surface area contributed by atoms with E-state index in [1.165, 1.54) is 43.6 Å². The van der Waals surface area contributed by atoms with E-state index in [4.69, 9.17) is 8.83 Å². The quantitative estimate of drug-likeness (QED) is 0.173. The minimum absolute atomic E-state index is 0.818. The van der Waals surface area contributed by atoms with Crippen LogP contribution in [0.5, 0.6) is 0 Å². The molecule has 64 heavy (non-hydrogen) atoms. The van der Waals surface area contributed by atoms with Gasteiger partial charge in [-0.2, -0.15) is 0 Å². The van der Waals surface area contributed by atoms with E-state index in [9.17, 15) is 0 Å². The summed E-state index contributed by atoms with van der Waals surface area (Å²) in [6.07, 6.45) is 0. The van der Waals surface area contributed by atoms with E-state index >= 15 is 0 Å². The molecule has 4 heteroatoms. The van der Waals surface area contributed by atoms with Crippen molar-refractivity contribution >= 4 is 87.5 Å². The average molecular weight is 817 g/mol. The molecule has 4 aromatic heterocycles. The summed E-state index contributed by atoms with van der Waals surface area (Å²) in [6, 6.07) is 78.1. The SMILES string of the molecule is c1ccc(-c2c3oc4c(-c5ccc6c(c5)c5ccccc5n6-c5ccccc5)cccc4c3cc3c2oc2c(-c4ccc5c(c4)c4ccccc4n5-c4ccccc4)cccc23)cc1. The Hall–Kier alpha value is -8.60. The zero-order valence-corrected chi connectivity index (χ0v) is 34.5. The summed E-state index contributed by atoms with van der Waals surface area (Å²) in [7, 11) is 0. The molecule has 0 spiro atoms. The standard InChI is InChI=1S/C60H36N2O2/c1-4-16-37(17-5-1)56-59-50(46-26-14-24-42(57(46)63-59)38-30-32-54-48(34-38)44-22-10-12-28-52(44)61(54)40-18-6-2-7-19-40)36-51-47-27-15-25-43(58(47)64-60(51)56)39-31-33-55-49(35-39)45-23-11-13-29-53(45)62(55)41-20-8-3-9-21-41/h1-36H. The van der Waals surface area contributed by atoms with E-state index in [-0.39, 0.29) is 0 Å². The van der Waals surface area contributed by atoms with E-state index < -0.39 is 0 Å². The molecule has 0 N–H and O–H groups in total. The average Bonchev–Trinajstić information content (AvgIpc) is 4.11. The summed E-state index contributed by atoms with van der Waals surface area (Å²) in [5.41, 5.74) is 16.7. The Morgan fingerprint density at radius 2 is 0.656 bits per heavy atom. The second-order valence-corrected chi connectivity index (χ2v) is 16.8. The van der Waals surface area contributed by atoms with Crippen LogP contribution in [0.1, 0.15) is 0 Å². The highest BCUT2D eigenvalue weighted by molar-refractivity contribution is 6.24. The van der Waals surface area contributed by atoms with Crippen molar-refractivity contribution in [2.75, 3.05) is 0 Å². The number of hydrogen-bond acceptors (Lipinski definition) is 2. The summed E-state index contributed by atoms with van der Waals surface area (Å²) >= 11 is 0. The van der Waals surface area contributed by atoms with Crippen molar-refractivity contribution in [3.63, 3.8) is 0 Å². The number of para-hydroxylation sites is 6. The van der Waals surface area contributed by atoms with Crippen LogP contribution in [0.4, 0.5) is 0 Å². The molecule has 0 atom stereocenters. The molecule has 0 saturated carbocycles. The summed E-state index contributed by atoms with van der Waals surface area (Å²) in [5.74, 6) is 0. The predicted octanol–water partition coefficient (Wildman–Crippen LogP) is 16.7. The summed E-state index contributed by atoms with van der Waals surface area (Å²) in [6.45, 7) is 0. The molecule has 0 amide bonds. The van der Waals surface area contributed by atoms with Crippen LogP contribution in [0.2, 0.25) is 0 Å². The van der Waals surface area contributed by atoms with Crippen LogP contribution in [0.25, 0.3) is 132 Å². The van der Waals surface area contributed by atoms with Crippen LogP contribution >= 0.6 is 0 Å². The zero-order valence-electron chi connectivity index (χ0n) is 34.5. The van der Waals surface area contributed by atoms with Crippen LogP contribution in [0.3, 0.4) is 0 Å². The lowest BCUT2D eigenvalue weighted by atomic mass is 9.96. The number of fused-ring (bicyclic) bond motifs is 12. The maximum Gasteiger partial charge on any atom is 0.147 e. The lowest BCUT2D eigenvalue weighted by Crippen LogP contribution is -1.92. The maximum atomic E-state index is 7.18. The van der Waals surface area contributed by atoms with Gasteiger partial charge in [0.1, 0.15) is 22.3 Å². The zero-order chi connectivity index (χ0) is 41.9. The van der Waals surface area contributed by atoms with Gasteiger partial charge >= 0.3 is 0 Å². The first-order chi connectivity index (χ1) is 31.8. The fourth-order valence-electron chi connectivity index (χ4n) is 10.5. The van der Waals surface area contributed by atoms with E-state index in [0.717, 1.165) is 88.6 Å². The van der Waals surface area contributed by atoms with Gasteiger partial charge < -0.3 is 18.0 Å². The smallest absolute Gasteiger partial charge is 0.147 e. The molecule has 0 radical (unpaired) electrons. The van der Waals surface area contributed by atoms with Crippen molar-refractivity contribution in [1.29, 1.82) is 0 Å². The third-order valence-corrected chi connectivity index (χ3v) is 13.3. The van der Waals surface area contributed by atoms with Crippen LogP contribution in [-0.4, -0.2) is 9.13 Å². The highest BCUT2D eigenvalue weighted by Gasteiger charge is 2.24. The molecule has 0 aliphatic heterocycles. The van der Waals surface area contributed by atoms with Gasteiger partial charge in [-0.1, -0.05) is 152 Å². The van der Waals surface area contributed by atoms with E-state index in [0.29, 0.717) is 0 Å². The van der Waals surface area contributed by atoms with Crippen molar-refractivity contribution in [3.05, 3.63) is 218 Å². The van der Waals surface area contributed by atoms with Crippen LogP contribution in [0, 0.1) is 0 Å². The van der Waals surface area contributed by atoms with Gasteiger partial charge in [-0.05, 0) is 83.4 Å². The molecule has 0 fully saturated rings. The van der Waals surface area contributed by atoms with E-state index in [1.54, 1.807) is 0 Å². The minimum atomic E-state index is 0.818. The Kier molecular flexibility index (Phi) is 7.36. The van der Waals surface area contributed by atoms with Gasteiger partial charge in [0, 0.05) is 65.6 Å². The molecular weight excluding hydrogens is 781 g/mol. The Morgan fingerprint density at radius 1 is 0.250 bits per heavy atom. The van der Waals surface area contributed by atoms with Crippen molar-refractivity contribution in [3.8, 4) is 44.8 Å². The molecule has 0 aliphatic carbocycles. The van der Waals surface area contributed by atoms with Crippen LogP contribution in [0.15, 0.2) is 227 Å². The Balaban J connectivity index is 0.984. The van der Waals surface area contributed by atoms with E-state index in [1.807, 2.05) is 0 Å². The third-order valence-electron chi connectivity index (χ3n) is 13.3. The van der Waals surface area contributed by atoms with Crippen molar-refractivity contribution in [2.45, 2.75) is 0 Å². The molecule has 0 aliphatic rings. The summed E-state index contributed by atoms with van der Waals surface area (Å²) in [5, 5.41) is 9.12. The molecule has 14 aromatic rings. The lowest BCUT2D eigenvalue weighted by molar-refractivity contribution is 0.659. The first-order valence-electron chi connectivity index (χ1n) is 21.8. The normalized spacial score (nSPS) is 12.1. The van der Waals surface area contributed by atoms with Gasteiger partial charge in [0.15, 0.2) is 0 Å². The molecule has 4 heterocycles. The summed E-state index contributed by atoms with van der Waals surface area (Å²) < 4.78 is 19.1. The Morgan fingerprint density at radius 3 is 1.14 bits per heavy atom.